The highest BCUT2D eigenvalue weighted by molar-refractivity contribution is 7.99. The van der Waals surface area contributed by atoms with Crippen LogP contribution in [0.2, 0.25) is 0 Å². The number of anilines is 1. The van der Waals surface area contributed by atoms with Gasteiger partial charge in [0.15, 0.2) is 11.0 Å². The van der Waals surface area contributed by atoms with Crippen molar-refractivity contribution in [3.63, 3.8) is 0 Å². The zero-order valence-electron chi connectivity index (χ0n) is 15.8. The van der Waals surface area contributed by atoms with E-state index in [9.17, 15) is 4.79 Å². The lowest BCUT2D eigenvalue weighted by atomic mass is 10.3. The number of ether oxygens (including phenoxy) is 2. The highest BCUT2D eigenvalue weighted by Gasteiger charge is 2.12. The summed E-state index contributed by atoms with van der Waals surface area (Å²) in [5.74, 6) is 2.37. The minimum Gasteiger partial charge on any atom is -0.494 e. The topological polar surface area (TPSA) is 78.3 Å². The molecule has 3 rings (SSSR count). The van der Waals surface area contributed by atoms with Crippen LogP contribution in [-0.2, 0) is 18.4 Å². The molecule has 0 saturated carbocycles. The van der Waals surface area contributed by atoms with E-state index in [1.807, 2.05) is 73.1 Å². The van der Waals surface area contributed by atoms with Gasteiger partial charge < -0.3 is 19.4 Å². The molecule has 0 unspecified atom stereocenters. The fraction of sp³-hybridized carbons (Fsp3) is 0.250. The van der Waals surface area contributed by atoms with Crippen molar-refractivity contribution in [3.8, 4) is 11.5 Å². The second-order valence-electron chi connectivity index (χ2n) is 5.85. The molecule has 146 valence electrons. The number of nitrogens with zero attached hydrogens (tertiary/aromatic N) is 3. The van der Waals surface area contributed by atoms with E-state index in [4.69, 9.17) is 9.47 Å². The Balaban J connectivity index is 1.48. The number of carbonyl (C=O) groups is 1. The van der Waals surface area contributed by atoms with Gasteiger partial charge in [0.25, 0.3) is 0 Å². The van der Waals surface area contributed by atoms with E-state index >= 15 is 0 Å². The van der Waals surface area contributed by atoms with E-state index in [0.29, 0.717) is 24.2 Å². The van der Waals surface area contributed by atoms with Gasteiger partial charge in [0.05, 0.1) is 12.4 Å². The number of hydrogen-bond acceptors (Lipinski definition) is 6. The number of carbonyl (C=O) groups excluding carboxylic acids is 1. The lowest BCUT2D eigenvalue weighted by molar-refractivity contribution is -0.113. The lowest BCUT2D eigenvalue weighted by Crippen LogP contribution is -2.14. The van der Waals surface area contributed by atoms with Gasteiger partial charge in [0.2, 0.25) is 5.91 Å². The van der Waals surface area contributed by atoms with Crippen molar-refractivity contribution in [3.05, 3.63) is 60.4 Å². The third-order valence-corrected chi connectivity index (χ3v) is 4.84. The summed E-state index contributed by atoms with van der Waals surface area (Å²) in [5.41, 5.74) is 0.726. The van der Waals surface area contributed by atoms with Gasteiger partial charge in [-0.25, -0.2) is 0 Å². The third-order valence-electron chi connectivity index (χ3n) is 3.82. The van der Waals surface area contributed by atoms with Crippen LogP contribution >= 0.6 is 11.8 Å². The Bertz CT molecular complexity index is 898. The largest absolute Gasteiger partial charge is 0.494 e. The highest BCUT2D eigenvalue weighted by atomic mass is 32.2. The molecule has 0 spiro atoms. The Kier molecular flexibility index (Phi) is 6.91. The van der Waals surface area contributed by atoms with Crippen molar-refractivity contribution in [1.82, 2.24) is 14.8 Å². The second kappa shape index (κ2) is 9.80. The van der Waals surface area contributed by atoms with Crippen LogP contribution in [0.4, 0.5) is 5.69 Å². The summed E-state index contributed by atoms with van der Waals surface area (Å²) in [7, 11) is 1.86. The molecule has 1 aromatic heterocycles. The molecule has 1 heterocycles. The van der Waals surface area contributed by atoms with Crippen LogP contribution in [0.1, 0.15) is 12.7 Å². The molecule has 0 aliphatic heterocycles. The number of hydrogen-bond donors (Lipinski definition) is 1. The van der Waals surface area contributed by atoms with Gasteiger partial charge in [0, 0.05) is 12.7 Å². The normalized spacial score (nSPS) is 10.5. The van der Waals surface area contributed by atoms with Gasteiger partial charge in [0.1, 0.15) is 18.1 Å². The molecule has 28 heavy (non-hydrogen) atoms. The summed E-state index contributed by atoms with van der Waals surface area (Å²) in [6.07, 6.45) is 0. The Hall–Kier alpha value is -3.00. The molecule has 8 heteroatoms. The Labute approximate surface area is 168 Å². The number of para-hydroxylation sites is 1. The highest BCUT2D eigenvalue weighted by Crippen LogP contribution is 2.19. The minimum atomic E-state index is -0.112. The molecule has 3 aromatic rings. The molecule has 0 radical (unpaired) electrons. The Morgan fingerprint density at radius 2 is 1.75 bits per heavy atom. The Morgan fingerprint density at radius 3 is 2.46 bits per heavy atom. The number of aromatic nitrogens is 3. The van der Waals surface area contributed by atoms with Gasteiger partial charge in [-0.05, 0) is 43.3 Å². The van der Waals surface area contributed by atoms with E-state index in [1.165, 1.54) is 11.8 Å². The van der Waals surface area contributed by atoms with Gasteiger partial charge in [-0.1, -0.05) is 30.0 Å². The molecule has 0 bridgehead atoms. The van der Waals surface area contributed by atoms with Gasteiger partial charge >= 0.3 is 0 Å². The van der Waals surface area contributed by atoms with Crippen LogP contribution in [0.25, 0.3) is 0 Å². The van der Waals surface area contributed by atoms with Gasteiger partial charge in [-0.2, -0.15) is 0 Å². The van der Waals surface area contributed by atoms with Crippen molar-refractivity contribution in [2.45, 2.75) is 18.7 Å². The van der Waals surface area contributed by atoms with Crippen molar-refractivity contribution >= 4 is 23.4 Å². The monoisotopic (exact) mass is 398 g/mol. The average Bonchev–Trinajstić information content (AvgIpc) is 3.07. The molecular weight excluding hydrogens is 376 g/mol. The summed E-state index contributed by atoms with van der Waals surface area (Å²) >= 11 is 1.33. The van der Waals surface area contributed by atoms with Crippen LogP contribution in [0.5, 0.6) is 11.5 Å². The van der Waals surface area contributed by atoms with E-state index in [2.05, 4.69) is 15.5 Å². The molecule has 1 amide bonds. The summed E-state index contributed by atoms with van der Waals surface area (Å²) in [6.45, 7) is 2.85. The molecule has 0 saturated heterocycles. The SMILES string of the molecule is CCOc1ccc(NC(=O)CSc2nnc(COc3ccccc3)n2C)cc1. The molecule has 0 fully saturated rings. The van der Waals surface area contributed by atoms with Crippen molar-refractivity contribution in [2.75, 3.05) is 17.7 Å². The second-order valence-corrected chi connectivity index (χ2v) is 6.80. The molecule has 0 aliphatic rings. The predicted octanol–water partition coefficient (Wildman–Crippen LogP) is 3.52. The van der Waals surface area contributed by atoms with Crippen LogP contribution in [0.15, 0.2) is 59.8 Å². The van der Waals surface area contributed by atoms with Crippen LogP contribution < -0.4 is 14.8 Å². The molecule has 0 atom stereocenters. The molecule has 2 aromatic carbocycles. The quantitative estimate of drug-likeness (QED) is 0.556. The van der Waals surface area contributed by atoms with E-state index in [-0.39, 0.29) is 11.7 Å². The fourth-order valence-corrected chi connectivity index (χ4v) is 3.12. The first-order valence-corrected chi connectivity index (χ1v) is 9.86. The van der Waals surface area contributed by atoms with Gasteiger partial charge in [-0.3, -0.25) is 4.79 Å². The number of thioether (sulfide) groups is 1. The molecular formula is C20H22N4O3S. The summed E-state index contributed by atoms with van der Waals surface area (Å²) < 4.78 is 12.9. The zero-order valence-corrected chi connectivity index (χ0v) is 16.6. The predicted molar refractivity (Wildman–Crippen MR) is 109 cm³/mol. The fourth-order valence-electron chi connectivity index (χ4n) is 2.39. The lowest BCUT2D eigenvalue weighted by Gasteiger charge is -2.08. The molecule has 1 N–H and O–H groups in total. The van der Waals surface area contributed by atoms with E-state index < -0.39 is 0 Å². The summed E-state index contributed by atoms with van der Waals surface area (Å²) in [4.78, 5) is 12.2. The zero-order chi connectivity index (χ0) is 19.8. The van der Waals surface area contributed by atoms with Crippen molar-refractivity contribution < 1.29 is 14.3 Å². The van der Waals surface area contributed by atoms with Gasteiger partial charge in [-0.15, -0.1) is 10.2 Å². The molecule has 7 nitrogen and oxygen atoms in total. The number of rotatable bonds is 9. The maximum absolute atomic E-state index is 12.2. The average molecular weight is 398 g/mol. The number of nitrogens with one attached hydrogen (secondary N) is 1. The third kappa shape index (κ3) is 5.50. The first kappa shape index (κ1) is 19.8. The van der Waals surface area contributed by atoms with E-state index in [1.54, 1.807) is 0 Å². The van der Waals surface area contributed by atoms with Crippen molar-refractivity contribution in [2.24, 2.45) is 7.05 Å². The van der Waals surface area contributed by atoms with Crippen LogP contribution in [-0.4, -0.2) is 33.0 Å². The first-order valence-electron chi connectivity index (χ1n) is 8.87. The smallest absolute Gasteiger partial charge is 0.234 e. The molecule has 0 aliphatic carbocycles. The maximum Gasteiger partial charge on any atom is 0.234 e. The van der Waals surface area contributed by atoms with E-state index in [0.717, 1.165) is 17.2 Å². The summed E-state index contributed by atoms with van der Waals surface area (Å²) in [6, 6.07) is 16.8. The maximum atomic E-state index is 12.2. The van der Waals surface area contributed by atoms with Crippen LogP contribution in [0, 0.1) is 0 Å². The first-order chi connectivity index (χ1) is 13.7. The minimum absolute atomic E-state index is 0.112. The Morgan fingerprint density at radius 1 is 1.04 bits per heavy atom. The number of benzene rings is 2. The van der Waals surface area contributed by atoms with Crippen molar-refractivity contribution in [1.29, 1.82) is 0 Å². The summed E-state index contributed by atoms with van der Waals surface area (Å²) in [5, 5.41) is 11.8. The standard InChI is InChI=1S/C20H22N4O3S/c1-3-26-17-11-9-15(10-12-17)21-19(25)14-28-20-23-22-18(24(20)2)13-27-16-7-5-4-6-8-16/h4-12H,3,13-14H2,1-2H3,(H,21,25). The van der Waals surface area contributed by atoms with Crippen LogP contribution in [0.3, 0.4) is 0 Å². The number of amides is 1.